The fourth-order valence-corrected chi connectivity index (χ4v) is 11.1. The van der Waals surface area contributed by atoms with Gasteiger partial charge in [-0.3, -0.25) is 0 Å². The third-order valence-corrected chi connectivity index (χ3v) is 12.1. The van der Waals surface area contributed by atoms with Crippen molar-refractivity contribution >= 4 is 57.1 Å². The summed E-state index contributed by atoms with van der Waals surface area (Å²) in [5, 5.41) is 0. The van der Waals surface area contributed by atoms with Gasteiger partial charge in [-0.15, -0.1) is 0 Å². The Bertz CT molecular complexity index is 1450. The Kier molecular flexibility index (Phi) is 5.15. The Morgan fingerprint density at radius 3 is 1.22 bits per heavy atom. The summed E-state index contributed by atoms with van der Waals surface area (Å²) >= 11 is 4.96. The molecule has 0 heterocycles. The molecular formula is C31H20I2O4. The Morgan fingerprint density at radius 1 is 0.514 bits per heavy atom. The normalized spacial score (nSPS) is 29.9. The number of ether oxygens (including phenoxy) is 2. The van der Waals surface area contributed by atoms with Gasteiger partial charge in [0.2, 0.25) is 0 Å². The molecule has 3 aliphatic rings. The topological polar surface area (TPSA) is 52.6 Å². The molecule has 0 radical (unpaired) electrons. The van der Waals surface area contributed by atoms with Gasteiger partial charge >= 0.3 is 11.9 Å². The second-order valence-electron chi connectivity index (χ2n) is 9.65. The molecule has 1 spiro atoms. The van der Waals surface area contributed by atoms with E-state index in [2.05, 4.69) is 81.6 Å². The van der Waals surface area contributed by atoms with E-state index in [4.69, 9.17) is 9.47 Å². The molecule has 0 aromatic heterocycles. The predicted octanol–water partition coefficient (Wildman–Crippen LogP) is 6.73. The van der Waals surface area contributed by atoms with Gasteiger partial charge in [-0.2, -0.15) is 0 Å². The molecule has 4 nitrogen and oxygen atoms in total. The Labute approximate surface area is 241 Å². The van der Waals surface area contributed by atoms with Crippen LogP contribution in [0.15, 0.2) is 109 Å². The van der Waals surface area contributed by atoms with Crippen LogP contribution in [0, 0.1) is 0 Å². The molecule has 5 atom stereocenters. The van der Waals surface area contributed by atoms with Gasteiger partial charge in [0.05, 0.1) is 16.5 Å². The molecule has 0 bridgehead atoms. The highest BCUT2D eigenvalue weighted by Gasteiger charge is 2.89. The first-order valence-electron chi connectivity index (χ1n) is 12.1. The van der Waals surface area contributed by atoms with Gasteiger partial charge in [0.15, 0.2) is 12.2 Å². The molecule has 182 valence electrons. The van der Waals surface area contributed by atoms with Crippen LogP contribution in [0.4, 0.5) is 0 Å². The highest BCUT2D eigenvalue weighted by atomic mass is 127. The van der Waals surface area contributed by atoms with Gasteiger partial charge in [-0.25, -0.2) is 9.59 Å². The number of hydrogen-bond donors (Lipinski definition) is 0. The van der Waals surface area contributed by atoms with Gasteiger partial charge in [0.1, 0.15) is 6.84 Å². The summed E-state index contributed by atoms with van der Waals surface area (Å²) in [5.74, 6) is -0.848. The second-order valence-corrected chi connectivity index (χ2v) is 13.1. The van der Waals surface area contributed by atoms with E-state index >= 15 is 0 Å². The summed E-state index contributed by atoms with van der Waals surface area (Å²) in [5.41, 5.74) is 5.13. The molecular weight excluding hydrogens is 690 g/mol. The van der Waals surface area contributed by atoms with Crippen molar-refractivity contribution in [2.45, 2.75) is 24.5 Å². The molecule has 37 heavy (non-hydrogen) atoms. The molecule has 6 heteroatoms. The summed E-state index contributed by atoms with van der Waals surface area (Å²) in [6.45, 7) is 0. The van der Waals surface area contributed by atoms with Crippen LogP contribution in [0.3, 0.4) is 0 Å². The third kappa shape index (κ3) is 2.73. The fourth-order valence-electron chi connectivity index (χ4n) is 6.68. The second kappa shape index (κ2) is 8.14. The van der Waals surface area contributed by atoms with E-state index in [1.165, 1.54) is 11.1 Å². The first-order valence-corrected chi connectivity index (χ1v) is 14.2. The van der Waals surface area contributed by atoms with Crippen molar-refractivity contribution in [2.75, 3.05) is 0 Å². The minimum Gasteiger partial charge on any atom is -0.453 e. The minimum atomic E-state index is -0.701. The molecule has 7 rings (SSSR count). The summed E-state index contributed by atoms with van der Waals surface area (Å²) in [6.07, 6.45) is -1.40. The summed E-state index contributed by atoms with van der Waals surface area (Å²) in [6, 6.07) is 34.7. The van der Waals surface area contributed by atoms with Crippen molar-refractivity contribution < 1.29 is 19.1 Å². The molecule has 0 saturated heterocycles. The van der Waals surface area contributed by atoms with Crippen LogP contribution in [0.5, 0.6) is 0 Å². The standard InChI is InChI=1S/C31H20I2O4/c32-30-23-17-9-7-15-21(23)29(30)22-16-8-10-18-24(22)31(29,33)26(37-28(35)20-13-5-2-6-14-20)25(30)36-27(34)19-11-3-1-4-12-19/h1-18,25-26H/t25?,26?,29?,30-,31?/m1/s1. The number of carbonyl (C=O) groups excluding carboxylic acids is 2. The number of esters is 2. The van der Waals surface area contributed by atoms with E-state index in [0.717, 1.165) is 11.1 Å². The Balaban J connectivity index is 1.42. The number of hydrogen-bond acceptors (Lipinski definition) is 4. The first-order chi connectivity index (χ1) is 18.0. The number of rotatable bonds is 4. The quantitative estimate of drug-likeness (QED) is 0.134. The monoisotopic (exact) mass is 710 g/mol. The fraction of sp³-hybridized carbons (Fsp3) is 0.161. The van der Waals surface area contributed by atoms with E-state index in [9.17, 15) is 9.59 Å². The number of halogens is 2. The molecule has 0 amide bonds. The smallest absolute Gasteiger partial charge is 0.338 e. The maximum Gasteiger partial charge on any atom is 0.338 e. The minimum absolute atomic E-state index is 0.424. The lowest BCUT2D eigenvalue weighted by atomic mass is 9.43. The molecule has 4 aromatic carbocycles. The maximum absolute atomic E-state index is 13.5. The van der Waals surface area contributed by atoms with Crippen molar-refractivity contribution in [3.8, 4) is 0 Å². The molecule has 4 aromatic rings. The average Bonchev–Trinajstić information content (AvgIpc) is 3.05. The molecule has 4 unspecified atom stereocenters. The van der Waals surface area contributed by atoms with Crippen molar-refractivity contribution in [1.82, 2.24) is 0 Å². The predicted molar refractivity (Wildman–Crippen MR) is 156 cm³/mol. The Hall–Kier alpha value is -2.72. The number of fused-ring (bicyclic) bond motifs is 4. The van der Waals surface area contributed by atoms with Crippen molar-refractivity contribution in [3.63, 3.8) is 0 Å². The van der Waals surface area contributed by atoms with Crippen molar-refractivity contribution in [3.05, 3.63) is 143 Å². The zero-order valence-electron chi connectivity index (χ0n) is 19.4. The van der Waals surface area contributed by atoms with Gasteiger partial charge in [0, 0.05) is 0 Å². The molecule has 1 saturated carbocycles. The van der Waals surface area contributed by atoms with Gasteiger partial charge in [0.25, 0.3) is 0 Å². The lowest BCUT2D eigenvalue weighted by Gasteiger charge is -2.65. The highest BCUT2D eigenvalue weighted by molar-refractivity contribution is 14.1. The molecule has 1 fully saturated rings. The average molecular weight is 710 g/mol. The van der Waals surface area contributed by atoms with E-state index in [0.29, 0.717) is 11.1 Å². The lowest BCUT2D eigenvalue weighted by Crippen LogP contribution is -2.67. The van der Waals surface area contributed by atoms with Crippen LogP contribution in [-0.4, -0.2) is 24.1 Å². The van der Waals surface area contributed by atoms with Crippen molar-refractivity contribution in [1.29, 1.82) is 0 Å². The van der Waals surface area contributed by atoms with Crippen LogP contribution in [0.25, 0.3) is 0 Å². The van der Waals surface area contributed by atoms with E-state index in [1.807, 2.05) is 48.5 Å². The van der Waals surface area contributed by atoms with Crippen molar-refractivity contribution in [2.24, 2.45) is 0 Å². The van der Waals surface area contributed by atoms with E-state index < -0.39 is 36.4 Å². The molecule has 0 aliphatic heterocycles. The molecule has 3 aliphatic carbocycles. The zero-order valence-corrected chi connectivity index (χ0v) is 23.8. The van der Waals surface area contributed by atoms with Gasteiger partial charge in [-0.05, 0) is 46.5 Å². The lowest BCUT2D eigenvalue weighted by molar-refractivity contribution is -0.0348. The summed E-state index contributed by atoms with van der Waals surface area (Å²) < 4.78 is 11.6. The maximum atomic E-state index is 13.5. The van der Waals surface area contributed by atoms with Crippen LogP contribution >= 0.6 is 45.2 Å². The highest BCUT2D eigenvalue weighted by Crippen LogP contribution is 2.85. The Morgan fingerprint density at radius 2 is 0.838 bits per heavy atom. The molecule has 0 N–H and O–H groups in total. The van der Waals surface area contributed by atoms with Gasteiger partial charge < -0.3 is 9.47 Å². The van der Waals surface area contributed by atoms with Crippen LogP contribution in [0.1, 0.15) is 43.0 Å². The zero-order chi connectivity index (χ0) is 25.4. The SMILES string of the molecule is O=C(OC1C(OC(=O)c2ccccc2)[C@]2(I)c3ccccc3C23c2ccccc2C13I)c1ccccc1. The summed E-state index contributed by atoms with van der Waals surface area (Å²) in [4.78, 5) is 26.9. The van der Waals surface area contributed by atoms with Gasteiger partial charge in [-0.1, -0.05) is 130 Å². The number of carbonyl (C=O) groups is 2. The third-order valence-electron chi connectivity index (χ3n) is 8.08. The number of alkyl halides is 2. The first kappa shape index (κ1) is 23.4. The van der Waals surface area contributed by atoms with E-state index in [1.54, 1.807) is 24.3 Å². The number of benzene rings is 4. The summed E-state index contributed by atoms with van der Waals surface area (Å²) in [7, 11) is 0. The van der Waals surface area contributed by atoms with E-state index in [-0.39, 0.29) is 0 Å². The van der Waals surface area contributed by atoms with Crippen LogP contribution in [-0.2, 0) is 21.7 Å². The largest absolute Gasteiger partial charge is 0.453 e. The van der Waals surface area contributed by atoms with Crippen LogP contribution in [0.2, 0.25) is 0 Å². The van der Waals surface area contributed by atoms with Crippen LogP contribution < -0.4 is 0 Å².